The van der Waals surface area contributed by atoms with Crippen LogP contribution in [0.25, 0.3) is 0 Å². The maximum absolute atomic E-state index is 11.7. The minimum atomic E-state index is -0.532. The van der Waals surface area contributed by atoms with Crippen molar-refractivity contribution in [3.05, 3.63) is 24.3 Å². The van der Waals surface area contributed by atoms with Crippen LogP contribution in [0, 0.1) is 0 Å². The zero-order chi connectivity index (χ0) is 14.1. The Morgan fingerprint density at radius 2 is 1.84 bits per heavy atom. The molecule has 5 nitrogen and oxygen atoms in total. The lowest BCUT2D eigenvalue weighted by atomic mass is 10.3. The smallest absolute Gasteiger partial charge is 0.260 e. The first-order valence-corrected chi connectivity index (χ1v) is 6.24. The molecule has 0 unspecified atom stereocenters. The summed E-state index contributed by atoms with van der Waals surface area (Å²) in [6, 6.07) is 7.12. The van der Waals surface area contributed by atoms with E-state index in [-0.39, 0.29) is 5.91 Å². The Hall–Kier alpha value is -1.75. The fourth-order valence-electron chi connectivity index (χ4n) is 1.48. The molecule has 0 heterocycles. The Morgan fingerprint density at radius 1 is 1.21 bits per heavy atom. The Kier molecular flexibility index (Phi) is 6.74. The molecular formula is C14H21NO4. The first-order valence-electron chi connectivity index (χ1n) is 6.24. The third kappa shape index (κ3) is 5.61. The Labute approximate surface area is 113 Å². The highest BCUT2D eigenvalue weighted by molar-refractivity contribution is 5.80. The van der Waals surface area contributed by atoms with E-state index in [0.717, 1.165) is 12.2 Å². The van der Waals surface area contributed by atoms with Crippen molar-refractivity contribution in [1.29, 1.82) is 0 Å². The molecule has 19 heavy (non-hydrogen) atoms. The van der Waals surface area contributed by atoms with Crippen molar-refractivity contribution in [2.24, 2.45) is 0 Å². The number of carbonyl (C=O) groups is 1. The third-order valence-electron chi connectivity index (χ3n) is 2.57. The summed E-state index contributed by atoms with van der Waals surface area (Å²) in [7, 11) is 3.24. The van der Waals surface area contributed by atoms with Crippen LogP contribution < -0.4 is 14.8 Å². The number of benzene rings is 1. The Balaban J connectivity index is 2.35. The van der Waals surface area contributed by atoms with E-state index in [2.05, 4.69) is 5.32 Å². The molecule has 1 rings (SSSR count). The number of hydrogen-bond acceptors (Lipinski definition) is 4. The minimum absolute atomic E-state index is 0.132. The summed E-state index contributed by atoms with van der Waals surface area (Å²) < 4.78 is 15.5. The van der Waals surface area contributed by atoms with Crippen LogP contribution in [0.15, 0.2) is 24.3 Å². The van der Waals surface area contributed by atoms with Crippen molar-refractivity contribution in [2.45, 2.75) is 19.4 Å². The van der Waals surface area contributed by atoms with Gasteiger partial charge in [-0.15, -0.1) is 0 Å². The maximum atomic E-state index is 11.7. The zero-order valence-electron chi connectivity index (χ0n) is 11.6. The van der Waals surface area contributed by atoms with E-state index in [1.807, 2.05) is 0 Å². The van der Waals surface area contributed by atoms with Crippen LogP contribution in [0.4, 0.5) is 0 Å². The number of nitrogens with one attached hydrogen (secondary N) is 1. The SMILES string of the molecule is COCCCNC(=O)[C@H](C)Oc1ccc(OC)cc1. The van der Waals surface area contributed by atoms with Crippen LogP contribution in [0.5, 0.6) is 11.5 Å². The van der Waals surface area contributed by atoms with Gasteiger partial charge in [-0.1, -0.05) is 0 Å². The number of rotatable bonds is 8. The van der Waals surface area contributed by atoms with Gasteiger partial charge in [0, 0.05) is 20.3 Å². The van der Waals surface area contributed by atoms with Gasteiger partial charge in [-0.25, -0.2) is 0 Å². The molecule has 0 aliphatic rings. The fourth-order valence-corrected chi connectivity index (χ4v) is 1.48. The highest BCUT2D eigenvalue weighted by Crippen LogP contribution is 2.18. The Morgan fingerprint density at radius 3 is 2.42 bits per heavy atom. The molecule has 0 radical (unpaired) electrons. The normalized spacial score (nSPS) is 11.7. The average Bonchev–Trinajstić information content (AvgIpc) is 2.44. The van der Waals surface area contributed by atoms with E-state index >= 15 is 0 Å². The molecule has 106 valence electrons. The van der Waals surface area contributed by atoms with Crippen molar-refractivity contribution in [1.82, 2.24) is 5.32 Å². The van der Waals surface area contributed by atoms with Crippen LogP contribution in [-0.4, -0.2) is 39.4 Å². The zero-order valence-corrected chi connectivity index (χ0v) is 11.6. The summed E-state index contributed by atoms with van der Waals surface area (Å²) in [6.07, 6.45) is 0.258. The fraction of sp³-hybridized carbons (Fsp3) is 0.500. The summed E-state index contributed by atoms with van der Waals surface area (Å²) in [5, 5.41) is 2.79. The standard InChI is InChI=1S/C14H21NO4/c1-11(14(16)15-9-4-10-17-2)19-13-7-5-12(18-3)6-8-13/h5-8,11H,4,9-10H2,1-3H3,(H,15,16)/t11-/m0/s1. The molecule has 1 atom stereocenters. The lowest BCUT2D eigenvalue weighted by molar-refractivity contribution is -0.127. The Bertz CT molecular complexity index is 378. The van der Waals surface area contributed by atoms with Gasteiger partial charge in [-0.2, -0.15) is 0 Å². The summed E-state index contributed by atoms with van der Waals surface area (Å²) in [4.78, 5) is 11.7. The van der Waals surface area contributed by atoms with E-state index in [1.165, 1.54) is 0 Å². The number of carbonyl (C=O) groups excluding carboxylic acids is 1. The molecule has 5 heteroatoms. The monoisotopic (exact) mass is 267 g/mol. The van der Waals surface area contributed by atoms with Gasteiger partial charge in [0.05, 0.1) is 7.11 Å². The van der Waals surface area contributed by atoms with Gasteiger partial charge in [0.1, 0.15) is 11.5 Å². The molecule has 0 aliphatic heterocycles. The minimum Gasteiger partial charge on any atom is -0.497 e. The van der Waals surface area contributed by atoms with E-state index in [9.17, 15) is 4.79 Å². The number of amides is 1. The van der Waals surface area contributed by atoms with Crippen molar-refractivity contribution in [3.63, 3.8) is 0 Å². The molecule has 0 spiro atoms. The summed E-state index contributed by atoms with van der Waals surface area (Å²) in [5.74, 6) is 1.26. The van der Waals surface area contributed by atoms with Crippen molar-refractivity contribution in [3.8, 4) is 11.5 Å². The van der Waals surface area contributed by atoms with E-state index in [1.54, 1.807) is 45.4 Å². The van der Waals surface area contributed by atoms with Crippen molar-refractivity contribution < 1.29 is 19.0 Å². The highest BCUT2D eigenvalue weighted by atomic mass is 16.5. The number of methoxy groups -OCH3 is 2. The third-order valence-corrected chi connectivity index (χ3v) is 2.57. The molecule has 0 fully saturated rings. The van der Waals surface area contributed by atoms with Gasteiger partial charge < -0.3 is 19.5 Å². The average molecular weight is 267 g/mol. The second-order valence-corrected chi connectivity index (χ2v) is 4.07. The van der Waals surface area contributed by atoms with Gasteiger partial charge >= 0.3 is 0 Å². The molecule has 0 bridgehead atoms. The predicted octanol–water partition coefficient (Wildman–Crippen LogP) is 1.62. The van der Waals surface area contributed by atoms with Crippen LogP contribution in [0.2, 0.25) is 0 Å². The second kappa shape index (κ2) is 8.37. The summed E-state index contributed by atoms with van der Waals surface area (Å²) in [6.45, 7) is 2.94. The van der Waals surface area contributed by atoms with E-state index in [4.69, 9.17) is 14.2 Å². The lowest BCUT2D eigenvalue weighted by Crippen LogP contribution is -2.37. The molecule has 0 aromatic heterocycles. The summed E-state index contributed by atoms with van der Waals surface area (Å²) >= 11 is 0. The predicted molar refractivity (Wildman–Crippen MR) is 72.6 cm³/mol. The van der Waals surface area contributed by atoms with E-state index < -0.39 is 6.10 Å². The van der Waals surface area contributed by atoms with Crippen LogP contribution in [0.1, 0.15) is 13.3 Å². The molecule has 0 saturated heterocycles. The maximum Gasteiger partial charge on any atom is 0.260 e. The van der Waals surface area contributed by atoms with E-state index in [0.29, 0.717) is 18.9 Å². The second-order valence-electron chi connectivity index (χ2n) is 4.07. The first-order chi connectivity index (χ1) is 9.17. The van der Waals surface area contributed by atoms with Gasteiger partial charge in [0.25, 0.3) is 5.91 Å². The molecule has 1 aromatic rings. The molecule has 0 saturated carbocycles. The molecular weight excluding hydrogens is 246 g/mol. The lowest BCUT2D eigenvalue weighted by Gasteiger charge is -2.14. The highest BCUT2D eigenvalue weighted by Gasteiger charge is 2.13. The topological polar surface area (TPSA) is 56.8 Å². The number of ether oxygens (including phenoxy) is 3. The van der Waals surface area contributed by atoms with Crippen LogP contribution in [0.3, 0.4) is 0 Å². The summed E-state index contributed by atoms with van der Waals surface area (Å²) in [5.41, 5.74) is 0. The largest absolute Gasteiger partial charge is 0.497 e. The van der Waals surface area contributed by atoms with Gasteiger partial charge in [0.15, 0.2) is 6.10 Å². The van der Waals surface area contributed by atoms with Gasteiger partial charge in [-0.05, 0) is 37.6 Å². The molecule has 1 amide bonds. The van der Waals surface area contributed by atoms with Gasteiger partial charge in [-0.3, -0.25) is 4.79 Å². The van der Waals surface area contributed by atoms with Crippen molar-refractivity contribution >= 4 is 5.91 Å². The number of hydrogen-bond donors (Lipinski definition) is 1. The van der Waals surface area contributed by atoms with Crippen LogP contribution >= 0.6 is 0 Å². The first kappa shape index (κ1) is 15.3. The molecule has 0 aliphatic carbocycles. The van der Waals surface area contributed by atoms with Crippen molar-refractivity contribution in [2.75, 3.05) is 27.4 Å². The van der Waals surface area contributed by atoms with Crippen LogP contribution in [-0.2, 0) is 9.53 Å². The van der Waals surface area contributed by atoms with Gasteiger partial charge in [0.2, 0.25) is 0 Å². The quantitative estimate of drug-likeness (QED) is 0.727. The molecule has 1 aromatic carbocycles. The molecule has 1 N–H and O–H groups in total.